The molecule has 0 aliphatic carbocycles. The van der Waals surface area contributed by atoms with Crippen LogP contribution in [0.25, 0.3) is 0 Å². The third-order valence-electron chi connectivity index (χ3n) is 3.15. The van der Waals surface area contributed by atoms with Crippen LogP contribution in [-0.2, 0) is 9.59 Å². The zero-order valence-corrected chi connectivity index (χ0v) is 12.4. The molecule has 0 saturated carbocycles. The molecule has 0 aliphatic heterocycles. The van der Waals surface area contributed by atoms with Crippen LogP contribution in [0.3, 0.4) is 0 Å². The number of nitrogens with two attached hydrogens (primary N) is 1. The number of benzene rings is 1. The lowest BCUT2D eigenvalue weighted by molar-refractivity contribution is -0.133. The number of anilines is 1. The predicted octanol–water partition coefficient (Wildman–Crippen LogP) is 1.44. The maximum atomic E-state index is 12.0. The molecule has 5 heteroatoms. The zero-order valence-electron chi connectivity index (χ0n) is 12.4. The van der Waals surface area contributed by atoms with E-state index in [1.54, 1.807) is 7.05 Å². The first-order valence-electron chi connectivity index (χ1n) is 6.75. The summed E-state index contributed by atoms with van der Waals surface area (Å²) in [5, 5.41) is 2.86. The lowest BCUT2D eigenvalue weighted by Gasteiger charge is -2.18. The van der Waals surface area contributed by atoms with Crippen molar-refractivity contribution >= 4 is 17.5 Å². The van der Waals surface area contributed by atoms with Crippen LogP contribution in [-0.4, -0.2) is 36.9 Å². The fourth-order valence-corrected chi connectivity index (χ4v) is 1.94. The van der Waals surface area contributed by atoms with E-state index < -0.39 is 0 Å². The molecule has 1 aromatic rings. The molecule has 2 amide bonds. The van der Waals surface area contributed by atoms with Gasteiger partial charge in [-0.2, -0.15) is 0 Å². The molecular weight excluding hydrogens is 254 g/mol. The molecule has 0 fully saturated rings. The van der Waals surface area contributed by atoms with Crippen molar-refractivity contribution in [2.24, 2.45) is 5.73 Å². The molecule has 1 aromatic carbocycles. The van der Waals surface area contributed by atoms with Crippen LogP contribution in [0.15, 0.2) is 18.2 Å². The van der Waals surface area contributed by atoms with Gasteiger partial charge in [0.05, 0.1) is 6.54 Å². The Morgan fingerprint density at radius 3 is 2.40 bits per heavy atom. The fraction of sp³-hybridized carbons (Fsp3) is 0.467. The molecule has 0 aromatic heterocycles. The van der Waals surface area contributed by atoms with Crippen molar-refractivity contribution in [2.75, 3.05) is 25.5 Å². The molecule has 0 unspecified atom stereocenters. The van der Waals surface area contributed by atoms with Gasteiger partial charge < -0.3 is 16.0 Å². The number of para-hydroxylation sites is 1. The van der Waals surface area contributed by atoms with E-state index >= 15 is 0 Å². The highest BCUT2D eigenvalue weighted by Gasteiger charge is 2.13. The van der Waals surface area contributed by atoms with Crippen LogP contribution >= 0.6 is 0 Å². The van der Waals surface area contributed by atoms with Gasteiger partial charge >= 0.3 is 0 Å². The van der Waals surface area contributed by atoms with Crippen molar-refractivity contribution in [3.8, 4) is 0 Å². The highest BCUT2D eigenvalue weighted by molar-refractivity contribution is 5.95. The van der Waals surface area contributed by atoms with Crippen molar-refractivity contribution in [1.82, 2.24) is 4.90 Å². The van der Waals surface area contributed by atoms with Crippen LogP contribution in [0.5, 0.6) is 0 Å². The summed E-state index contributed by atoms with van der Waals surface area (Å²) in [7, 11) is 1.63. The van der Waals surface area contributed by atoms with Gasteiger partial charge in [-0.25, -0.2) is 0 Å². The van der Waals surface area contributed by atoms with Gasteiger partial charge in [-0.3, -0.25) is 9.59 Å². The molecular formula is C15H23N3O2. The minimum Gasteiger partial charge on any atom is -0.336 e. The first-order chi connectivity index (χ1) is 9.45. The molecule has 110 valence electrons. The standard InChI is InChI=1S/C15H23N3O2/c1-11-6-4-7-12(2)15(11)17-13(19)10-18(3)14(20)8-5-9-16/h4,6-7H,5,8-10,16H2,1-3H3,(H,17,19). The molecule has 20 heavy (non-hydrogen) atoms. The molecule has 0 aliphatic rings. The highest BCUT2D eigenvalue weighted by atomic mass is 16.2. The summed E-state index contributed by atoms with van der Waals surface area (Å²) in [6, 6.07) is 5.83. The zero-order chi connectivity index (χ0) is 15.1. The van der Waals surface area contributed by atoms with Crippen molar-refractivity contribution in [3.05, 3.63) is 29.3 Å². The molecule has 0 spiro atoms. The third-order valence-corrected chi connectivity index (χ3v) is 3.15. The number of nitrogens with one attached hydrogen (secondary N) is 1. The number of carbonyl (C=O) groups excluding carboxylic acids is 2. The Kier molecular flexibility index (Phi) is 6.18. The number of nitrogens with zero attached hydrogens (tertiary/aromatic N) is 1. The summed E-state index contributed by atoms with van der Waals surface area (Å²) < 4.78 is 0. The Bertz CT molecular complexity index is 466. The van der Waals surface area contributed by atoms with E-state index in [-0.39, 0.29) is 18.4 Å². The van der Waals surface area contributed by atoms with Crippen molar-refractivity contribution in [1.29, 1.82) is 0 Å². The molecule has 0 atom stereocenters. The number of carbonyl (C=O) groups is 2. The Labute approximate surface area is 120 Å². The summed E-state index contributed by atoms with van der Waals surface area (Å²) in [6.45, 7) is 4.42. The maximum Gasteiger partial charge on any atom is 0.243 e. The van der Waals surface area contributed by atoms with Gasteiger partial charge in [0, 0.05) is 19.2 Å². The van der Waals surface area contributed by atoms with E-state index in [0.29, 0.717) is 19.4 Å². The second-order valence-electron chi connectivity index (χ2n) is 4.96. The van der Waals surface area contributed by atoms with Gasteiger partial charge in [0.2, 0.25) is 11.8 Å². The van der Waals surface area contributed by atoms with Gasteiger partial charge in [0.15, 0.2) is 0 Å². The van der Waals surface area contributed by atoms with E-state index in [9.17, 15) is 9.59 Å². The molecule has 0 heterocycles. The lowest BCUT2D eigenvalue weighted by Crippen LogP contribution is -2.35. The third kappa shape index (κ3) is 4.66. The number of hydrogen-bond acceptors (Lipinski definition) is 3. The molecule has 1 rings (SSSR count). The minimum absolute atomic E-state index is 0.0528. The van der Waals surface area contributed by atoms with Crippen LogP contribution in [0.2, 0.25) is 0 Å². The Hall–Kier alpha value is -1.88. The minimum atomic E-state index is -0.189. The maximum absolute atomic E-state index is 12.0. The number of hydrogen-bond donors (Lipinski definition) is 2. The Balaban J connectivity index is 2.57. The Morgan fingerprint density at radius 2 is 1.85 bits per heavy atom. The van der Waals surface area contributed by atoms with Gasteiger partial charge in [-0.1, -0.05) is 18.2 Å². The van der Waals surface area contributed by atoms with Crippen LogP contribution in [0.1, 0.15) is 24.0 Å². The van der Waals surface area contributed by atoms with Crippen molar-refractivity contribution < 1.29 is 9.59 Å². The summed E-state index contributed by atoms with van der Waals surface area (Å²) >= 11 is 0. The molecule has 0 saturated heterocycles. The normalized spacial score (nSPS) is 10.2. The predicted molar refractivity (Wildman–Crippen MR) is 80.5 cm³/mol. The monoisotopic (exact) mass is 277 g/mol. The topological polar surface area (TPSA) is 75.4 Å². The van der Waals surface area contributed by atoms with E-state index in [0.717, 1.165) is 16.8 Å². The highest BCUT2D eigenvalue weighted by Crippen LogP contribution is 2.19. The molecule has 3 N–H and O–H groups in total. The average Bonchev–Trinajstić information content (AvgIpc) is 2.40. The smallest absolute Gasteiger partial charge is 0.243 e. The van der Waals surface area contributed by atoms with E-state index in [1.807, 2.05) is 32.0 Å². The largest absolute Gasteiger partial charge is 0.336 e. The number of aryl methyl sites for hydroxylation is 2. The summed E-state index contributed by atoms with van der Waals surface area (Å²) in [4.78, 5) is 25.1. The van der Waals surface area contributed by atoms with Gasteiger partial charge in [-0.05, 0) is 37.9 Å². The summed E-state index contributed by atoms with van der Waals surface area (Å²) in [5.41, 5.74) is 8.20. The van der Waals surface area contributed by atoms with Crippen molar-refractivity contribution in [3.63, 3.8) is 0 Å². The first-order valence-corrected chi connectivity index (χ1v) is 6.75. The molecule has 0 radical (unpaired) electrons. The number of rotatable bonds is 6. The van der Waals surface area contributed by atoms with E-state index in [2.05, 4.69) is 5.32 Å². The lowest BCUT2D eigenvalue weighted by atomic mass is 10.1. The summed E-state index contributed by atoms with van der Waals surface area (Å²) in [5.74, 6) is -0.252. The number of amides is 2. The van der Waals surface area contributed by atoms with E-state index in [4.69, 9.17) is 5.73 Å². The summed E-state index contributed by atoms with van der Waals surface area (Å²) in [6.07, 6.45) is 1.02. The SMILES string of the molecule is Cc1cccc(C)c1NC(=O)CN(C)C(=O)CCCN. The van der Waals surface area contributed by atoms with Crippen LogP contribution in [0, 0.1) is 13.8 Å². The number of likely N-dealkylation sites (N-methyl/N-ethyl adjacent to an activating group) is 1. The van der Waals surface area contributed by atoms with Gasteiger partial charge in [-0.15, -0.1) is 0 Å². The second kappa shape index (κ2) is 7.65. The Morgan fingerprint density at radius 1 is 1.25 bits per heavy atom. The quantitative estimate of drug-likeness (QED) is 0.826. The van der Waals surface area contributed by atoms with E-state index in [1.165, 1.54) is 4.90 Å². The molecule has 0 bridgehead atoms. The fourth-order valence-electron chi connectivity index (χ4n) is 1.94. The van der Waals surface area contributed by atoms with Crippen LogP contribution in [0.4, 0.5) is 5.69 Å². The molecule has 5 nitrogen and oxygen atoms in total. The first kappa shape index (κ1) is 16.2. The second-order valence-corrected chi connectivity index (χ2v) is 4.96. The van der Waals surface area contributed by atoms with Gasteiger partial charge in [0.25, 0.3) is 0 Å². The van der Waals surface area contributed by atoms with Gasteiger partial charge in [0.1, 0.15) is 0 Å². The van der Waals surface area contributed by atoms with Crippen LogP contribution < -0.4 is 11.1 Å². The average molecular weight is 277 g/mol. The van der Waals surface area contributed by atoms with Crippen molar-refractivity contribution in [2.45, 2.75) is 26.7 Å².